The number of nitrogens with zero attached hydrogens (tertiary/aromatic N) is 4. The lowest BCUT2D eigenvalue weighted by molar-refractivity contribution is -0.118. The standard InChI is InChI=1S/C21H18FN5O2S/c1-29-17-4-2-3-14(11-17)12-23-19(28)13-30-20-10-9-18-24-25-21(27(18)26-20)15-5-7-16(22)8-6-15/h2-11H,12-13H2,1H3,(H,23,28). The molecule has 0 fully saturated rings. The Morgan fingerprint density at radius 2 is 1.97 bits per heavy atom. The van der Waals surface area contributed by atoms with Crippen molar-refractivity contribution in [3.63, 3.8) is 0 Å². The van der Waals surface area contributed by atoms with Gasteiger partial charge in [-0.3, -0.25) is 4.79 Å². The second kappa shape index (κ2) is 8.91. The quantitative estimate of drug-likeness (QED) is 0.459. The summed E-state index contributed by atoms with van der Waals surface area (Å²) in [6.07, 6.45) is 0. The summed E-state index contributed by atoms with van der Waals surface area (Å²) in [4.78, 5) is 12.2. The number of benzene rings is 2. The van der Waals surface area contributed by atoms with Crippen LogP contribution < -0.4 is 10.1 Å². The molecule has 1 amide bonds. The molecule has 30 heavy (non-hydrogen) atoms. The molecule has 2 aromatic carbocycles. The molecule has 4 aromatic rings. The van der Waals surface area contributed by atoms with E-state index in [-0.39, 0.29) is 17.5 Å². The van der Waals surface area contributed by atoms with Crippen LogP contribution in [0.15, 0.2) is 65.7 Å². The second-order valence-electron chi connectivity index (χ2n) is 6.39. The highest BCUT2D eigenvalue weighted by atomic mass is 32.2. The van der Waals surface area contributed by atoms with Gasteiger partial charge in [0.1, 0.15) is 16.6 Å². The fourth-order valence-corrected chi connectivity index (χ4v) is 3.49. The van der Waals surface area contributed by atoms with Crippen molar-refractivity contribution in [2.45, 2.75) is 11.6 Å². The summed E-state index contributed by atoms with van der Waals surface area (Å²) in [5, 5.41) is 16.3. The van der Waals surface area contributed by atoms with Gasteiger partial charge in [-0.25, -0.2) is 4.39 Å². The Balaban J connectivity index is 1.40. The molecule has 1 N–H and O–H groups in total. The van der Waals surface area contributed by atoms with E-state index < -0.39 is 0 Å². The molecular formula is C21H18FN5O2S. The molecule has 0 aliphatic carbocycles. The van der Waals surface area contributed by atoms with Gasteiger partial charge in [0.2, 0.25) is 5.91 Å². The van der Waals surface area contributed by atoms with Gasteiger partial charge in [0, 0.05) is 12.1 Å². The first-order valence-electron chi connectivity index (χ1n) is 9.13. The average Bonchev–Trinajstić information content (AvgIpc) is 3.20. The summed E-state index contributed by atoms with van der Waals surface area (Å²) >= 11 is 1.31. The van der Waals surface area contributed by atoms with Crippen LogP contribution in [0.3, 0.4) is 0 Å². The van der Waals surface area contributed by atoms with Gasteiger partial charge in [0.05, 0.1) is 12.9 Å². The number of carbonyl (C=O) groups is 1. The predicted molar refractivity (Wildman–Crippen MR) is 112 cm³/mol. The van der Waals surface area contributed by atoms with Crippen LogP contribution in [-0.4, -0.2) is 38.6 Å². The minimum Gasteiger partial charge on any atom is -0.497 e. The van der Waals surface area contributed by atoms with E-state index in [0.717, 1.165) is 11.3 Å². The summed E-state index contributed by atoms with van der Waals surface area (Å²) in [6.45, 7) is 0.420. The molecule has 152 valence electrons. The zero-order chi connectivity index (χ0) is 20.9. The minimum atomic E-state index is -0.322. The number of methoxy groups -OCH3 is 1. The number of thioether (sulfide) groups is 1. The van der Waals surface area contributed by atoms with Gasteiger partial charge in [-0.15, -0.1) is 10.2 Å². The van der Waals surface area contributed by atoms with E-state index in [1.54, 1.807) is 35.9 Å². The van der Waals surface area contributed by atoms with E-state index in [0.29, 0.717) is 28.6 Å². The first-order chi connectivity index (χ1) is 14.6. The van der Waals surface area contributed by atoms with Crippen LogP contribution in [0, 0.1) is 5.82 Å². The Morgan fingerprint density at radius 1 is 1.13 bits per heavy atom. The van der Waals surface area contributed by atoms with Gasteiger partial charge in [-0.2, -0.15) is 9.61 Å². The molecule has 4 rings (SSSR count). The fourth-order valence-electron chi connectivity index (χ4n) is 2.80. The third-order valence-corrected chi connectivity index (χ3v) is 5.24. The summed E-state index contributed by atoms with van der Waals surface area (Å²) in [5.74, 6) is 1.05. The zero-order valence-electron chi connectivity index (χ0n) is 16.1. The number of hydrogen-bond acceptors (Lipinski definition) is 6. The topological polar surface area (TPSA) is 81.4 Å². The first kappa shape index (κ1) is 19.8. The van der Waals surface area contributed by atoms with Crippen molar-refractivity contribution in [1.29, 1.82) is 0 Å². The zero-order valence-corrected chi connectivity index (χ0v) is 16.9. The lowest BCUT2D eigenvalue weighted by atomic mass is 10.2. The predicted octanol–water partition coefficient (Wildman–Crippen LogP) is 3.35. The number of rotatable bonds is 7. The maximum Gasteiger partial charge on any atom is 0.230 e. The third kappa shape index (κ3) is 4.57. The normalized spacial score (nSPS) is 10.9. The van der Waals surface area contributed by atoms with E-state index in [4.69, 9.17) is 4.74 Å². The van der Waals surface area contributed by atoms with Gasteiger partial charge < -0.3 is 10.1 Å². The summed E-state index contributed by atoms with van der Waals surface area (Å²) in [5.41, 5.74) is 2.23. The molecule has 0 aliphatic heterocycles. The average molecular weight is 423 g/mol. The van der Waals surface area contributed by atoms with Gasteiger partial charge >= 0.3 is 0 Å². The van der Waals surface area contributed by atoms with E-state index in [2.05, 4.69) is 20.6 Å². The lowest BCUT2D eigenvalue weighted by Crippen LogP contribution is -2.24. The van der Waals surface area contributed by atoms with Crippen LogP contribution in [-0.2, 0) is 11.3 Å². The Hall–Kier alpha value is -3.46. The van der Waals surface area contributed by atoms with Crippen molar-refractivity contribution in [2.24, 2.45) is 0 Å². The Morgan fingerprint density at radius 3 is 2.77 bits per heavy atom. The lowest BCUT2D eigenvalue weighted by Gasteiger charge is -2.07. The van der Waals surface area contributed by atoms with E-state index in [9.17, 15) is 9.18 Å². The van der Waals surface area contributed by atoms with Crippen LogP contribution in [0.4, 0.5) is 4.39 Å². The summed E-state index contributed by atoms with van der Waals surface area (Å²) in [7, 11) is 1.61. The molecule has 0 saturated carbocycles. The third-order valence-electron chi connectivity index (χ3n) is 4.32. The highest BCUT2D eigenvalue weighted by Gasteiger charge is 2.11. The van der Waals surface area contributed by atoms with Gasteiger partial charge in [0.15, 0.2) is 11.5 Å². The number of carbonyl (C=O) groups excluding carboxylic acids is 1. The van der Waals surface area contributed by atoms with Gasteiger partial charge in [0.25, 0.3) is 0 Å². The fraction of sp³-hybridized carbons (Fsp3) is 0.143. The number of ether oxygens (including phenoxy) is 1. The van der Waals surface area contributed by atoms with Crippen molar-refractivity contribution >= 4 is 23.3 Å². The molecule has 0 spiro atoms. The highest BCUT2D eigenvalue weighted by molar-refractivity contribution is 7.99. The van der Waals surface area contributed by atoms with E-state index >= 15 is 0 Å². The van der Waals surface area contributed by atoms with Crippen molar-refractivity contribution in [3.05, 3.63) is 72.0 Å². The van der Waals surface area contributed by atoms with E-state index in [1.165, 1.54) is 23.9 Å². The SMILES string of the molecule is COc1cccc(CNC(=O)CSc2ccc3nnc(-c4ccc(F)cc4)n3n2)c1. The number of hydrogen-bond donors (Lipinski definition) is 1. The smallest absolute Gasteiger partial charge is 0.230 e. The Kier molecular flexibility index (Phi) is 5.89. The Labute approximate surface area is 176 Å². The molecule has 0 unspecified atom stereocenters. The van der Waals surface area contributed by atoms with Crippen molar-refractivity contribution < 1.29 is 13.9 Å². The Bertz CT molecular complexity index is 1180. The second-order valence-corrected chi connectivity index (χ2v) is 7.38. The van der Waals surface area contributed by atoms with Gasteiger partial charge in [-0.05, 0) is 54.1 Å². The van der Waals surface area contributed by atoms with Crippen molar-refractivity contribution in [2.75, 3.05) is 12.9 Å². The number of fused-ring (bicyclic) bond motifs is 1. The molecule has 0 atom stereocenters. The van der Waals surface area contributed by atoms with Crippen LogP contribution in [0.5, 0.6) is 5.75 Å². The molecule has 7 nitrogen and oxygen atoms in total. The van der Waals surface area contributed by atoms with Crippen LogP contribution in [0.1, 0.15) is 5.56 Å². The number of amides is 1. The molecular weight excluding hydrogens is 405 g/mol. The van der Waals surface area contributed by atoms with Crippen LogP contribution >= 0.6 is 11.8 Å². The summed E-state index contributed by atoms with van der Waals surface area (Å²) in [6, 6.07) is 17.1. The minimum absolute atomic E-state index is 0.104. The van der Waals surface area contributed by atoms with Crippen molar-refractivity contribution in [1.82, 2.24) is 25.1 Å². The monoisotopic (exact) mass is 423 g/mol. The van der Waals surface area contributed by atoms with Crippen LogP contribution in [0.2, 0.25) is 0 Å². The number of nitrogens with one attached hydrogen (secondary N) is 1. The highest BCUT2D eigenvalue weighted by Crippen LogP contribution is 2.21. The number of aromatic nitrogens is 4. The first-order valence-corrected chi connectivity index (χ1v) is 10.1. The maximum atomic E-state index is 13.2. The molecule has 2 aromatic heterocycles. The van der Waals surface area contributed by atoms with Gasteiger partial charge in [-0.1, -0.05) is 23.9 Å². The molecule has 0 radical (unpaired) electrons. The molecule has 0 saturated heterocycles. The largest absolute Gasteiger partial charge is 0.497 e. The molecule has 0 bridgehead atoms. The van der Waals surface area contributed by atoms with Crippen molar-refractivity contribution in [3.8, 4) is 17.1 Å². The maximum absolute atomic E-state index is 13.2. The molecule has 2 heterocycles. The molecule has 9 heteroatoms. The number of halogens is 1. The molecule has 0 aliphatic rings. The van der Waals surface area contributed by atoms with E-state index in [1.807, 2.05) is 24.3 Å². The summed E-state index contributed by atoms with van der Waals surface area (Å²) < 4.78 is 20.0. The van der Waals surface area contributed by atoms with Crippen LogP contribution in [0.25, 0.3) is 17.0 Å².